The largest absolute Gasteiger partial charge is 0.389 e. The molecule has 1 rings (SSSR count). The average Bonchev–Trinajstić information content (AvgIpc) is 2.29. The molecule has 0 radical (unpaired) electrons. The van der Waals surface area contributed by atoms with Crippen molar-refractivity contribution >= 4 is 11.4 Å². The van der Waals surface area contributed by atoms with E-state index in [-0.39, 0.29) is 18.5 Å². The number of halogens is 4. The molecule has 112 valence electrons. The molecule has 0 aromatic heterocycles. The van der Waals surface area contributed by atoms with Gasteiger partial charge in [0.25, 0.3) is 5.69 Å². The maximum Gasteiger partial charge on any atom is 0.389 e. The van der Waals surface area contributed by atoms with E-state index in [0.717, 1.165) is 12.1 Å². The molecular formula is C12H14F4N2O2. The average molecular weight is 294 g/mol. The van der Waals surface area contributed by atoms with Crippen LogP contribution in [-0.2, 0) is 0 Å². The van der Waals surface area contributed by atoms with Crippen molar-refractivity contribution in [1.29, 1.82) is 0 Å². The summed E-state index contributed by atoms with van der Waals surface area (Å²) in [5, 5.41) is 13.3. The van der Waals surface area contributed by atoms with Gasteiger partial charge in [0.2, 0.25) is 0 Å². The molecule has 0 spiro atoms. The van der Waals surface area contributed by atoms with Crippen molar-refractivity contribution < 1.29 is 22.5 Å². The number of nitrogens with one attached hydrogen (secondary N) is 1. The molecule has 1 aromatic rings. The van der Waals surface area contributed by atoms with E-state index in [2.05, 4.69) is 5.32 Å². The smallest absolute Gasteiger partial charge is 0.375 e. The van der Waals surface area contributed by atoms with Gasteiger partial charge in [-0.15, -0.1) is 0 Å². The van der Waals surface area contributed by atoms with Gasteiger partial charge in [0.05, 0.1) is 4.92 Å². The minimum atomic E-state index is -4.23. The molecule has 0 saturated carbocycles. The lowest BCUT2D eigenvalue weighted by atomic mass is 10.1. The summed E-state index contributed by atoms with van der Waals surface area (Å²) >= 11 is 0. The molecule has 0 bridgehead atoms. The van der Waals surface area contributed by atoms with E-state index in [4.69, 9.17) is 0 Å². The molecule has 0 aliphatic heterocycles. The van der Waals surface area contributed by atoms with Gasteiger partial charge in [-0.3, -0.25) is 10.1 Å². The monoisotopic (exact) mass is 294 g/mol. The second-order valence-corrected chi connectivity index (χ2v) is 4.44. The Morgan fingerprint density at radius 1 is 1.40 bits per heavy atom. The molecule has 1 unspecified atom stereocenters. The number of nitro groups is 1. The molecular weight excluding hydrogens is 280 g/mol. The molecule has 1 aromatic carbocycles. The second-order valence-electron chi connectivity index (χ2n) is 4.44. The van der Waals surface area contributed by atoms with E-state index in [1.165, 1.54) is 6.07 Å². The van der Waals surface area contributed by atoms with Crippen LogP contribution in [-0.4, -0.2) is 17.1 Å². The van der Waals surface area contributed by atoms with Gasteiger partial charge in [-0.2, -0.15) is 13.2 Å². The Labute approximate surface area is 112 Å². The maximum atomic E-state index is 13.5. The Morgan fingerprint density at radius 3 is 2.60 bits per heavy atom. The van der Waals surface area contributed by atoms with Gasteiger partial charge in [0.15, 0.2) is 5.82 Å². The Hall–Kier alpha value is -1.86. The zero-order chi connectivity index (χ0) is 15.3. The van der Waals surface area contributed by atoms with Crippen LogP contribution in [0.2, 0.25) is 0 Å². The summed E-state index contributed by atoms with van der Waals surface area (Å²) < 4.78 is 49.5. The number of hydrogen-bond acceptors (Lipinski definition) is 3. The quantitative estimate of drug-likeness (QED) is 0.484. The number of para-hydroxylation sites is 1. The molecule has 0 aliphatic rings. The summed E-state index contributed by atoms with van der Waals surface area (Å²) in [5.74, 6) is -0.804. The zero-order valence-electron chi connectivity index (χ0n) is 10.7. The molecule has 1 atom stereocenters. The first-order chi connectivity index (χ1) is 9.20. The third-order valence-corrected chi connectivity index (χ3v) is 2.68. The van der Waals surface area contributed by atoms with Crippen LogP contribution >= 0.6 is 0 Å². The SMILES string of the molecule is CC(CCCC(F)(F)F)Nc1c(F)cccc1[N+](=O)[O-]. The Bertz CT molecular complexity index is 477. The van der Waals surface area contributed by atoms with Crippen LogP contribution in [0, 0.1) is 15.9 Å². The van der Waals surface area contributed by atoms with Crippen molar-refractivity contribution in [2.75, 3.05) is 5.32 Å². The van der Waals surface area contributed by atoms with Crippen LogP contribution in [0.1, 0.15) is 26.2 Å². The highest BCUT2D eigenvalue weighted by atomic mass is 19.4. The highest BCUT2D eigenvalue weighted by molar-refractivity contribution is 5.62. The minimum Gasteiger partial charge on any atom is -0.375 e. The van der Waals surface area contributed by atoms with E-state index in [0.29, 0.717) is 0 Å². The van der Waals surface area contributed by atoms with Crippen molar-refractivity contribution in [3.8, 4) is 0 Å². The number of rotatable bonds is 6. The van der Waals surface area contributed by atoms with Crippen molar-refractivity contribution in [3.05, 3.63) is 34.1 Å². The van der Waals surface area contributed by atoms with E-state index in [1.807, 2.05) is 0 Å². The van der Waals surface area contributed by atoms with E-state index in [1.54, 1.807) is 6.92 Å². The lowest BCUT2D eigenvalue weighted by Gasteiger charge is -2.16. The van der Waals surface area contributed by atoms with Crippen LogP contribution in [0.15, 0.2) is 18.2 Å². The standard InChI is InChI=1S/C12H14F4N2O2/c1-8(4-3-7-12(14,15)16)17-11-9(13)5-2-6-10(11)18(19)20/h2,5-6,8,17H,3-4,7H2,1H3. The first kappa shape index (κ1) is 16.2. The van der Waals surface area contributed by atoms with Crippen LogP contribution < -0.4 is 5.32 Å². The van der Waals surface area contributed by atoms with E-state index in [9.17, 15) is 27.7 Å². The van der Waals surface area contributed by atoms with Gasteiger partial charge < -0.3 is 5.32 Å². The first-order valence-electron chi connectivity index (χ1n) is 5.97. The lowest BCUT2D eigenvalue weighted by molar-refractivity contribution is -0.384. The molecule has 0 fully saturated rings. The molecule has 20 heavy (non-hydrogen) atoms. The van der Waals surface area contributed by atoms with Crippen LogP contribution in [0.4, 0.5) is 28.9 Å². The summed E-state index contributed by atoms with van der Waals surface area (Å²) in [6, 6.07) is 2.88. The molecule has 8 heteroatoms. The first-order valence-corrected chi connectivity index (χ1v) is 5.97. The predicted octanol–water partition coefficient (Wildman–Crippen LogP) is 4.27. The van der Waals surface area contributed by atoms with Crippen molar-refractivity contribution in [1.82, 2.24) is 0 Å². The van der Waals surface area contributed by atoms with Gasteiger partial charge in [-0.1, -0.05) is 6.07 Å². The number of nitrogens with zero attached hydrogens (tertiary/aromatic N) is 1. The summed E-state index contributed by atoms with van der Waals surface area (Å²) in [4.78, 5) is 10.0. The number of nitro benzene ring substituents is 1. The highest BCUT2D eigenvalue weighted by Crippen LogP contribution is 2.29. The Kier molecular flexibility index (Phi) is 5.29. The number of alkyl halides is 3. The van der Waals surface area contributed by atoms with E-state index >= 15 is 0 Å². The third kappa shape index (κ3) is 5.02. The topological polar surface area (TPSA) is 55.2 Å². The maximum absolute atomic E-state index is 13.5. The summed E-state index contributed by atoms with van der Waals surface area (Å²) in [6.45, 7) is 1.55. The van der Waals surface area contributed by atoms with Crippen molar-refractivity contribution in [2.45, 2.75) is 38.4 Å². The molecule has 4 nitrogen and oxygen atoms in total. The van der Waals surface area contributed by atoms with Crippen LogP contribution in [0.3, 0.4) is 0 Å². The third-order valence-electron chi connectivity index (χ3n) is 2.68. The second kappa shape index (κ2) is 6.53. The fourth-order valence-corrected chi connectivity index (χ4v) is 1.74. The number of benzene rings is 1. The van der Waals surface area contributed by atoms with E-state index < -0.39 is 35.1 Å². The van der Waals surface area contributed by atoms with Gasteiger partial charge in [0, 0.05) is 18.5 Å². The number of anilines is 1. The van der Waals surface area contributed by atoms with Gasteiger partial charge >= 0.3 is 6.18 Å². The summed E-state index contributed by atoms with van der Waals surface area (Å²) in [7, 11) is 0. The van der Waals surface area contributed by atoms with Crippen LogP contribution in [0.5, 0.6) is 0 Å². The highest BCUT2D eigenvalue weighted by Gasteiger charge is 2.26. The molecule has 0 aliphatic carbocycles. The zero-order valence-corrected chi connectivity index (χ0v) is 10.7. The van der Waals surface area contributed by atoms with Gasteiger partial charge in [-0.25, -0.2) is 4.39 Å². The fourth-order valence-electron chi connectivity index (χ4n) is 1.74. The van der Waals surface area contributed by atoms with Crippen LogP contribution in [0.25, 0.3) is 0 Å². The Morgan fingerprint density at radius 2 is 2.05 bits per heavy atom. The van der Waals surface area contributed by atoms with Gasteiger partial charge in [0.1, 0.15) is 5.69 Å². The van der Waals surface area contributed by atoms with Gasteiger partial charge in [-0.05, 0) is 25.8 Å². The lowest BCUT2D eigenvalue weighted by Crippen LogP contribution is -2.18. The number of hydrogen-bond donors (Lipinski definition) is 1. The predicted molar refractivity (Wildman–Crippen MR) is 66.0 cm³/mol. The molecule has 0 saturated heterocycles. The Balaban J connectivity index is 2.66. The molecule has 0 heterocycles. The van der Waals surface area contributed by atoms with Crippen molar-refractivity contribution in [2.24, 2.45) is 0 Å². The summed E-state index contributed by atoms with van der Waals surface area (Å²) in [6.07, 6.45) is -5.16. The molecule has 1 N–H and O–H groups in total. The minimum absolute atomic E-state index is 0.125. The van der Waals surface area contributed by atoms with Crippen molar-refractivity contribution in [3.63, 3.8) is 0 Å². The fraction of sp³-hybridized carbons (Fsp3) is 0.500. The molecule has 0 amide bonds. The normalized spacial score (nSPS) is 13.1. The summed E-state index contributed by atoms with van der Waals surface area (Å²) in [5.41, 5.74) is -0.732.